The van der Waals surface area contributed by atoms with Crippen LogP contribution in [0.15, 0.2) is 0 Å². The Labute approximate surface area is 164 Å². The Morgan fingerprint density at radius 2 is 1.04 bits per heavy atom. The summed E-state index contributed by atoms with van der Waals surface area (Å²) in [4.78, 5) is 11.1. The van der Waals surface area contributed by atoms with Gasteiger partial charge < -0.3 is 5.32 Å². The Hall–Kier alpha value is -0.530. The maximum absolute atomic E-state index is 11.1. The molecule has 1 saturated heterocycles. The molecule has 0 aliphatic carbocycles. The number of nitrogens with one attached hydrogen (secondary N) is 1. The second kappa shape index (κ2) is 17.9. The highest BCUT2D eigenvalue weighted by atomic mass is 16.1. The van der Waals surface area contributed by atoms with Gasteiger partial charge >= 0.3 is 0 Å². The van der Waals surface area contributed by atoms with Crippen LogP contribution in [0.25, 0.3) is 0 Å². The van der Waals surface area contributed by atoms with Gasteiger partial charge in [0.2, 0.25) is 5.91 Å². The van der Waals surface area contributed by atoms with Gasteiger partial charge in [-0.2, -0.15) is 0 Å². The molecule has 2 nitrogen and oxygen atoms in total. The molecule has 1 fully saturated rings. The predicted octanol–water partition coefficient (Wildman–Crippen LogP) is 7.55. The van der Waals surface area contributed by atoms with Crippen molar-refractivity contribution >= 4 is 5.91 Å². The molecule has 0 saturated carbocycles. The van der Waals surface area contributed by atoms with Crippen LogP contribution >= 0.6 is 0 Å². The zero-order valence-corrected chi connectivity index (χ0v) is 17.8. The van der Waals surface area contributed by atoms with Gasteiger partial charge in [0.05, 0.1) is 0 Å². The van der Waals surface area contributed by atoms with Gasteiger partial charge in [-0.1, -0.05) is 122 Å². The van der Waals surface area contributed by atoms with Crippen molar-refractivity contribution in [2.75, 3.05) is 6.54 Å². The van der Waals surface area contributed by atoms with Crippen LogP contribution in [0.5, 0.6) is 0 Å². The Balaban J connectivity index is 1.65. The number of amides is 1. The standard InChI is InChI=1S/C24H47NO/c1-2-3-4-5-6-7-8-9-10-11-12-13-14-15-16-17-18-19-20-23-21-24(26)25-22-23/h23H,2-22H2,1H3,(H,25,26). The van der Waals surface area contributed by atoms with Gasteiger partial charge in [-0.15, -0.1) is 0 Å². The lowest BCUT2D eigenvalue weighted by molar-refractivity contribution is -0.119. The summed E-state index contributed by atoms with van der Waals surface area (Å²) in [7, 11) is 0. The second-order valence-electron chi connectivity index (χ2n) is 8.67. The molecule has 0 aromatic heterocycles. The van der Waals surface area contributed by atoms with Gasteiger partial charge in [0.25, 0.3) is 0 Å². The third-order valence-corrected chi connectivity index (χ3v) is 6.03. The first-order valence-corrected chi connectivity index (χ1v) is 12.1. The number of carbonyl (C=O) groups excluding carboxylic acids is 1. The van der Waals surface area contributed by atoms with Gasteiger partial charge in [-0.05, 0) is 12.3 Å². The molecule has 1 rings (SSSR count). The number of hydrogen-bond acceptors (Lipinski definition) is 1. The molecule has 0 bridgehead atoms. The molecule has 0 spiro atoms. The van der Waals surface area contributed by atoms with Gasteiger partial charge in [0.1, 0.15) is 0 Å². The molecule has 1 N–H and O–H groups in total. The van der Waals surface area contributed by atoms with Crippen molar-refractivity contribution in [2.45, 2.75) is 135 Å². The van der Waals surface area contributed by atoms with Gasteiger partial charge in [0, 0.05) is 13.0 Å². The highest BCUT2D eigenvalue weighted by Gasteiger charge is 2.20. The largest absolute Gasteiger partial charge is 0.356 e. The molecule has 1 aliphatic heterocycles. The Bertz CT molecular complexity index is 315. The zero-order valence-electron chi connectivity index (χ0n) is 17.8. The van der Waals surface area contributed by atoms with Gasteiger partial charge in [-0.25, -0.2) is 0 Å². The van der Waals surface area contributed by atoms with Crippen molar-refractivity contribution in [2.24, 2.45) is 5.92 Å². The van der Waals surface area contributed by atoms with Crippen molar-refractivity contribution in [1.29, 1.82) is 0 Å². The fraction of sp³-hybridized carbons (Fsp3) is 0.958. The van der Waals surface area contributed by atoms with Crippen molar-refractivity contribution in [3.8, 4) is 0 Å². The van der Waals surface area contributed by atoms with Crippen LogP contribution < -0.4 is 5.32 Å². The van der Waals surface area contributed by atoms with Crippen LogP contribution in [0.1, 0.15) is 135 Å². The minimum absolute atomic E-state index is 0.261. The average molecular weight is 366 g/mol. The maximum Gasteiger partial charge on any atom is 0.220 e. The van der Waals surface area contributed by atoms with Crippen molar-refractivity contribution in [1.82, 2.24) is 5.32 Å². The highest BCUT2D eigenvalue weighted by Crippen LogP contribution is 2.18. The lowest BCUT2D eigenvalue weighted by Gasteiger charge is -2.06. The van der Waals surface area contributed by atoms with E-state index in [9.17, 15) is 4.79 Å². The Kier molecular flexibility index (Phi) is 16.2. The van der Waals surface area contributed by atoms with E-state index in [2.05, 4.69) is 12.2 Å². The molecular formula is C24H47NO. The minimum Gasteiger partial charge on any atom is -0.356 e. The van der Waals surface area contributed by atoms with Crippen molar-refractivity contribution in [3.05, 3.63) is 0 Å². The molecule has 1 aliphatic rings. The second-order valence-corrected chi connectivity index (χ2v) is 8.67. The van der Waals surface area contributed by atoms with E-state index in [1.807, 2.05) is 0 Å². The van der Waals surface area contributed by atoms with Gasteiger partial charge in [0.15, 0.2) is 0 Å². The quantitative estimate of drug-likeness (QED) is 0.235. The molecule has 0 aromatic carbocycles. The number of unbranched alkanes of at least 4 members (excludes halogenated alkanes) is 17. The van der Waals surface area contributed by atoms with Crippen LogP contribution in [0.3, 0.4) is 0 Å². The summed E-state index contributed by atoms with van der Waals surface area (Å²) in [5.41, 5.74) is 0. The first-order chi connectivity index (χ1) is 12.8. The lowest BCUT2D eigenvalue weighted by atomic mass is 9.99. The molecule has 1 atom stereocenters. The van der Waals surface area contributed by atoms with Crippen LogP contribution in [0.4, 0.5) is 0 Å². The minimum atomic E-state index is 0.261. The molecular weight excluding hydrogens is 318 g/mol. The normalized spacial score (nSPS) is 17.0. The average Bonchev–Trinajstić information content (AvgIpc) is 3.06. The first kappa shape index (κ1) is 23.5. The van der Waals surface area contributed by atoms with Crippen LogP contribution in [-0.2, 0) is 4.79 Å². The number of carbonyl (C=O) groups is 1. The maximum atomic E-state index is 11.1. The Morgan fingerprint density at radius 3 is 1.38 bits per heavy atom. The summed E-state index contributed by atoms with van der Waals surface area (Å²) in [6.45, 7) is 3.22. The van der Waals surface area contributed by atoms with E-state index in [1.54, 1.807) is 0 Å². The Morgan fingerprint density at radius 1 is 0.654 bits per heavy atom. The molecule has 0 aromatic rings. The van der Waals surface area contributed by atoms with Crippen LogP contribution in [0.2, 0.25) is 0 Å². The monoisotopic (exact) mass is 365 g/mol. The fourth-order valence-corrected chi connectivity index (χ4v) is 4.20. The number of rotatable bonds is 19. The third kappa shape index (κ3) is 14.6. The summed E-state index contributed by atoms with van der Waals surface area (Å²) in [5.74, 6) is 0.890. The molecule has 1 amide bonds. The predicted molar refractivity (Wildman–Crippen MR) is 115 cm³/mol. The summed E-state index contributed by atoms with van der Waals surface area (Å²) in [5, 5.41) is 2.94. The molecule has 2 heteroatoms. The van der Waals surface area contributed by atoms with E-state index in [0.29, 0.717) is 5.92 Å². The molecule has 0 radical (unpaired) electrons. The third-order valence-electron chi connectivity index (χ3n) is 6.03. The topological polar surface area (TPSA) is 29.1 Å². The summed E-state index contributed by atoms with van der Waals surface area (Å²) in [6.07, 6.45) is 27.8. The van der Waals surface area contributed by atoms with E-state index >= 15 is 0 Å². The van der Waals surface area contributed by atoms with Crippen LogP contribution in [0, 0.1) is 5.92 Å². The molecule has 26 heavy (non-hydrogen) atoms. The first-order valence-electron chi connectivity index (χ1n) is 12.1. The summed E-state index contributed by atoms with van der Waals surface area (Å²) in [6, 6.07) is 0. The highest BCUT2D eigenvalue weighted by molar-refractivity contribution is 5.78. The van der Waals surface area contributed by atoms with E-state index in [4.69, 9.17) is 0 Å². The molecule has 1 unspecified atom stereocenters. The fourth-order valence-electron chi connectivity index (χ4n) is 4.20. The summed E-state index contributed by atoms with van der Waals surface area (Å²) >= 11 is 0. The smallest absolute Gasteiger partial charge is 0.220 e. The van der Waals surface area contributed by atoms with Crippen molar-refractivity contribution in [3.63, 3.8) is 0 Å². The van der Waals surface area contributed by atoms with Crippen molar-refractivity contribution < 1.29 is 4.79 Å². The lowest BCUT2D eigenvalue weighted by Crippen LogP contribution is -2.13. The van der Waals surface area contributed by atoms with E-state index in [-0.39, 0.29) is 5.91 Å². The van der Waals surface area contributed by atoms with E-state index < -0.39 is 0 Å². The SMILES string of the molecule is CCCCCCCCCCCCCCCCCCCCC1CNC(=O)C1. The molecule has 154 valence electrons. The van der Waals surface area contributed by atoms with E-state index in [1.165, 1.54) is 122 Å². The molecule has 1 heterocycles. The van der Waals surface area contributed by atoms with Crippen LogP contribution in [-0.4, -0.2) is 12.5 Å². The number of hydrogen-bond donors (Lipinski definition) is 1. The van der Waals surface area contributed by atoms with Gasteiger partial charge in [-0.3, -0.25) is 4.79 Å². The summed E-state index contributed by atoms with van der Waals surface area (Å²) < 4.78 is 0. The van der Waals surface area contributed by atoms with E-state index in [0.717, 1.165) is 13.0 Å². The zero-order chi connectivity index (χ0) is 18.7.